The number of nitrogens with two attached hydrogens (primary N) is 1. The van der Waals surface area contributed by atoms with Crippen molar-refractivity contribution in [2.45, 2.75) is 17.5 Å². The third kappa shape index (κ3) is 1.88. The van der Waals surface area contributed by atoms with Crippen molar-refractivity contribution >= 4 is 29.4 Å². The molecule has 2 rings (SSSR count). The zero-order chi connectivity index (χ0) is 13.4. The largest absolute Gasteiger partial charge is 0.383 e. The molecule has 1 aliphatic heterocycles. The molecular formula is C10H12N4O3S. The Morgan fingerprint density at radius 3 is 2.61 bits per heavy atom. The molecule has 3 N–H and O–H groups in total. The Balaban J connectivity index is 2.59. The molecule has 1 unspecified atom stereocenters. The maximum atomic E-state index is 12.1. The Kier molecular flexibility index (Phi) is 3.12. The molecular weight excluding hydrogens is 256 g/mol. The van der Waals surface area contributed by atoms with Crippen molar-refractivity contribution in [1.82, 2.24) is 14.9 Å². The number of nitrogens with zero attached hydrogens (tertiary/aromatic N) is 2. The molecule has 1 aliphatic rings. The molecule has 1 aromatic rings. The van der Waals surface area contributed by atoms with Crippen LogP contribution in [0.1, 0.15) is 17.9 Å². The van der Waals surface area contributed by atoms with E-state index < -0.39 is 17.7 Å². The van der Waals surface area contributed by atoms with Crippen LogP contribution in [-0.2, 0) is 16.6 Å². The first-order valence-electron chi connectivity index (χ1n) is 5.19. The van der Waals surface area contributed by atoms with Gasteiger partial charge in [0, 0.05) is 13.5 Å². The van der Waals surface area contributed by atoms with E-state index in [0.29, 0.717) is 5.16 Å². The summed E-state index contributed by atoms with van der Waals surface area (Å²) in [4.78, 5) is 39.0. The minimum atomic E-state index is -0.834. The number of carbonyl (C=O) groups excluding carboxylic acids is 2. The highest BCUT2D eigenvalue weighted by Crippen LogP contribution is 2.26. The second kappa shape index (κ2) is 4.45. The van der Waals surface area contributed by atoms with Crippen molar-refractivity contribution in [3.63, 3.8) is 0 Å². The van der Waals surface area contributed by atoms with Crippen LogP contribution in [0, 0.1) is 0 Å². The quantitative estimate of drug-likeness (QED) is 0.414. The number of imide groups is 1. The molecule has 0 spiro atoms. The second-order valence-corrected chi connectivity index (χ2v) is 4.70. The lowest BCUT2D eigenvalue weighted by atomic mass is 9.99. The minimum Gasteiger partial charge on any atom is -0.383 e. The molecule has 1 fully saturated rings. The summed E-state index contributed by atoms with van der Waals surface area (Å²) in [5.74, 6) is -1.72. The van der Waals surface area contributed by atoms with Crippen molar-refractivity contribution < 1.29 is 9.59 Å². The third-order valence-electron chi connectivity index (χ3n) is 2.81. The first-order valence-corrected chi connectivity index (χ1v) is 6.42. The first kappa shape index (κ1) is 12.6. The monoisotopic (exact) mass is 268 g/mol. The number of thioether (sulfide) groups is 1. The predicted octanol–water partition coefficient (Wildman–Crippen LogP) is -0.786. The fourth-order valence-corrected chi connectivity index (χ4v) is 2.46. The van der Waals surface area contributed by atoms with Crippen LogP contribution in [0.4, 0.5) is 5.82 Å². The molecule has 2 heterocycles. The molecule has 0 saturated carbocycles. The van der Waals surface area contributed by atoms with E-state index in [1.807, 2.05) is 0 Å². The molecule has 1 aromatic heterocycles. The lowest BCUT2D eigenvalue weighted by molar-refractivity contribution is -0.125. The molecule has 7 nitrogen and oxygen atoms in total. The average molecular weight is 268 g/mol. The zero-order valence-electron chi connectivity index (χ0n) is 9.89. The van der Waals surface area contributed by atoms with E-state index in [2.05, 4.69) is 10.3 Å². The summed E-state index contributed by atoms with van der Waals surface area (Å²) in [6, 6.07) is 0. The van der Waals surface area contributed by atoms with E-state index in [1.165, 1.54) is 16.3 Å². The van der Waals surface area contributed by atoms with E-state index in [0.717, 1.165) is 0 Å². The Hall–Kier alpha value is -1.83. The van der Waals surface area contributed by atoms with Crippen LogP contribution < -0.4 is 16.6 Å². The standard InChI is InChI=1S/C10H12N4O3S/c1-14-9(17)6(7(11)13-10(14)18-2)4-3-5(15)12-8(4)16/h4H,3,11H2,1-2H3,(H,12,15,16). The van der Waals surface area contributed by atoms with Gasteiger partial charge in [0.25, 0.3) is 5.56 Å². The third-order valence-corrected chi connectivity index (χ3v) is 3.54. The summed E-state index contributed by atoms with van der Waals surface area (Å²) in [6.07, 6.45) is 1.71. The average Bonchev–Trinajstić information content (AvgIpc) is 2.63. The van der Waals surface area contributed by atoms with Gasteiger partial charge in [-0.15, -0.1) is 0 Å². The maximum absolute atomic E-state index is 12.1. The molecule has 1 saturated heterocycles. The number of nitrogen functional groups attached to an aromatic ring is 1. The van der Waals surface area contributed by atoms with Gasteiger partial charge >= 0.3 is 0 Å². The molecule has 0 aromatic carbocycles. The number of nitrogens with one attached hydrogen (secondary N) is 1. The molecule has 96 valence electrons. The van der Waals surface area contributed by atoms with Crippen LogP contribution in [0.2, 0.25) is 0 Å². The Morgan fingerprint density at radius 1 is 1.44 bits per heavy atom. The number of hydrogen-bond acceptors (Lipinski definition) is 6. The van der Waals surface area contributed by atoms with Crippen LogP contribution in [0.5, 0.6) is 0 Å². The summed E-state index contributed by atoms with van der Waals surface area (Å²) >= 11 is 1.28. The highest BCUT2D eigenvalue weighted by Gasteiger charge is 2.36. The van der Waals surface area contributed by atoms with E-state index in [1.54, 1.807) is 13.3 Å². The smallest absolute Gasteiger partial charge is 0.260 e. The van der Waals surface area contributed by atoms with Gasteiger partial charge in [-0.2, -0.15) is 0 Å². The summed E-state index contributed by atoms with van der Waals surface area (Å²) in [6.45, 7) is 0. The van der Waals surface area contributed by atoms with Crippen LogP contribution >= 0.6 is 11.8 Å². The fraction of sp³-hybridized carbons (Fsp3) is 0.400. The minimum absolute atomic E-state index is 0.0114. The Labute approximate surface area is 107 Å². The Morgan fingerprint density at radius 2 is 2.11 bits per heavy atom. The van der Waals surface area contributed by atoms with Crippen molar-refractivity contribution in [3.05, 3.63) is 15.9 Å². The molecule has 2 amide bonds. The van der Waals surface area contributed by atoms with Gasteiger partial charge in [0.05, 0.1) is 11.5 Å². The Bertz CT molecular complexity index is 596. The van der Waals surface area contributed by atoms with Crippen LogP contribution in [0.3, 0.4) is 0 Å². The normalized spacial score (nSPS) is 19.1. The number of aromatic nitrogens is 2. The van der Waals surface area contributed by atoms with E-state index in [9.17, 15) is 14.4 Å². The van der Waals surface area contributed by atoms with Crippen LogP contribution in [-0.4, -0.2) is 27.6 Å². The number of hydrogen-bond donors (Lipinski definition) is 2. The van der Waals surface area contributed by atoms with Gasteiger partial charge in [0.15, 0.2) is 5.16 Å². The number of anilines is 1. The zero-order valence-corrected chi connectivity index (χ0v) is 10.7. The van der Waals surface area contributed by atoms with Gasteiger partial charge in [-0.1, -0.05) is 11.8 Å². The predicted molar refractivity (Wildman–Crippen MR) is 66.2 cm³/mol. The molecule has 18 heavy (non-hydrogen) atoms. The van der Waals surface area contributed by atoms with Gasteiger partial charge in [0.1, 0.15) is 5.82 Å². The van der Waals surface area contributed by atoms with Crippen molar-refractivity contribution in [2.75, 3.05) is 12.0 Å². The highest BCUT2D eigenvalue weighted by atomic mass is 32.2. The van der Waals surface area contributed by atoms with Crippen LogP contribution in [0.25, 0.3) is 0 Å². The van der Waals surface area contributed by atoms with Crippen molar-refractivity contribution in [1.29, 1.82) is 0 Å². The van der Waals surface area contributed by atoms with E-state index in [4.69, 9.17) is 5.73 Å². The lowest BCUT2D eigenvalue weighted by Crippen LogP contribution is -2.30. The van der Waals surface area contributed by atoms with Crippen molar-refractivity contribution in [3.8, 4) is 0 Å². The van der Waals surface area contributed by atoms with E-state index in [-0.39, 0.29) is 23.4 Å². The molecule has 0 aliphatic carbocycles. The number of carbonyl (C=O) groups is 2. The van der Waals surface area contributed by atoms with Crippen LogP contribution in [0.15, 0.2) is 9.95 Å². The molecule has 1 atom stereocenters. The number of amides is 2. The SMILES string of the molecule is CSc1nc(N)c(C2CC(=O)NC2=O)c(=O)n1C. The summed E-state index contributed by atoms with van der Waals surface area (Å²) in [7, 11) is 1.55. The lowest BCUT2D eigenvalue weighted by Gasteiger charge is -2.12. The molecule has 8 heteroatoms. The summed E-state index contributed by atoms with van der Waals surface area (Å²) < 4.78 is 1.33. The van der Waals surface area contributed by atoms with E-state index >= 15 is 0 Å². The van der Waals surface area contributed by atoms with Gasteiger partial charge in [-0.3, -0.25) is 24.3 Å². The summed E-state index contributed by atoms with van der Waals surface area (Å²) in [5.41, 5.74) is 5.43. The second-order valence-electron chi connectivity index (χ2n) is 3.93. The molecule has 0 radical (unpaired) electrons. The summed E-state index contributed by atoms with van der Waals surface area (Å²) in [5, 5.41) is 2.62. The van der Waals surface area contributed by atoms with Gasteiger partial charge in [-0.25, -0.2) is 4.98 Å². The highest BCUT2D eigenvalue weighted by molar-refractivity contribution is 7.98. The number of rotatable bonds is 2. The van der Waals surface area contributed by atoms with Gasteiger partial charge < -0.3 is 5.73 Å². The maximum Gasteiger partial charge on any atom is 0.260 e. The van der Waals surface area contributed by atoms with Crippen molar-refractivity contribution in [2.24, 2.45) is 7.05 Å². The van der Waals surface area contributed by atoms with Gasteiger partial charge in [0.2, 0.25) is 11.8 Å². The first-order chi connectivity index (χ1) is 8.45. The van der Waals surface area contributed by atoms with Gasteiger partial charge in [-0.05, 0) is 6.26 Å². The topological polar surface area (TPSA) is 107 Å². The molecule has 0 bridgehead atoms. The fourth-order valence-electron chi connectivity index (χ4n) is 1.91.